The third-order valence-corrected chi connectivity index (χ3v) is 3.80. The lowest BCUT2D eigenvalue weighted by molar-refractivity contribution is -0.383. The van der Waals surface area contributed by atoms with Gasteiger partial charge < -0.3 is 9.72 Å². The Balaban J connectivity index is 2.16. The normalized spacial score (nSPS) is 10.8. The van der Waals surface area contributed by atoms with E-state index in [0.29, 0.717) is 11.3 Å². The van der Waals surface area contributed by atoms with E-state index in [-0.39, 0.29) is 17.3 Å². The predicted octanol–water partition coefficient (Wildman–Crippen LogP) is 3.48. The Morgan fingerprint density at radius 3 is 2.67 bits per heavy atom. The topological polar surface area (TPSA) is 89.5 Å². The minimum absolute atomic E-state index is 0.157. The largest absolute Gasteiger partial charge is 0.321 e. The molecule has 0 aliphatic carbocycles. The van der Waals surface area contributed by atoms with Crippen molar-refractivity contribution in [2.75, 3.05) is 5.32 Å². The number of amides is 1. The van der Waals surface area contributed by atoms with Crippen LogP contribution in [-0.4, -0.2) is 20.2 Å². The molecule has 1 N–H and O–H groups in total. The van der Waals surface area contributed by atoms with Gasteiger partial charge in [0.15, 0.2) is 0 Å². The molecule has 2 heterocycles. The minimum Gasteiger partial charge on any atom is -0.321 e. The number of nitro benzene ring substituents is 1. The van der Waals surface area contributed by atoms with E-state index >= 15 is 0 Å². The molecule has 0 fully saturated rings. The second kappa shape index (κ2) is 5.77. The molecule has 1 amide bonds. The van der Waals surface area contributed by atoms with Crippen molar-refractivity contribution in [1.82, 2.24) is 9.38 Å². The van der Waals surface area contributed by atoms with Crippen molar-refractivity contribution in [1.29, 1.82) is 0 Å². The first-order valence-corrected chi connectivity index (χ1v) is 7.38. The van der Waals surface area contributed by atoms with Crippen molar-refractivity contribution in [3.05, 3.63) is 57.9 Å². The maximum Gasteiger partial charge on any atom is 0.293 e. The summed E-state index contributed by atoms with van der Waals surface area (Å²) in [6, 6.07) is 8.63. The molecule has 0 aliphatic rings. The van der Waals surface area contributed by atoms with Gasteiger partial charge in [0.2, 0.25) is 5.91 Å². The number of aromatic nitrogens is 2. The molecule has 0 saturated carbocycles. The number of fused-ring (bicyclic) bond motifs is 1. The third kappa shape index (κ3) is 2.71. The molecule has 7 nitrogen and oxygen atoms in total. The zero-order chi connectivity index (χ0) is 17.4. The number of hydrogen-bond donors (Lipinski definition) is 1. The molecule has 7 heteroatoms. The van der Waals surface area contributed by atoms with Crippen LogP contribution in [0.15, 0.2) is 36.5 Å². The highest BCUT2D eigenvalue weighted by Gasteiger charge is 2.19. The van der Waals surface area contributed by atoms with Crippen LogP contribution < -0.4 is 5.32 Å². The number of pyridine rings is 1. The zero-order valence-corrected chi connectivity index (χ0v) is 13.5. The summed E-state index contributed by atoms with van der Waals surface area (Å²) in [5.41, 5.74) is 4.10. The van der Waals surface area contributed by atoms with E-state index in [1.165, 1.54) is 19.1 Å². The molecule has 1 aromatic carbocycles. The van der Waals surface area contributed by atoms with E-state index in [1.807, 2.05) is 36.6 Å². The number of nitro groups is 1. The fourth-order valence-corrected chi connectivity index (χ4v) is 2.67. The Kier molecular flexibility index (Phi) is 3.76. The van der Waals surface area contributed by atoms with Crippen LogP contribution in [-0.2, 0) is 4.79 Å². The van der Waals surface area contributed by atoms with Crippen molar-refractivity contribution < 1.29 is 9.72 Å². The first-order chi connectivity index (χ1) is 11.4. The number of anilines is 1. The molecule has 0 radical (unpaired) electrons. The maximum absolute atomic E-state index is 11.3. The van der Waals surface area contributed by atoms with Crippen LogP contribution in [0.4, 0.5) is 11.4 Å². The number of carbonyl (C=O) groups excluding carboxylic acids is 1. The second-order valence-electron chi connectivity index (χ2n) is 5.65. The summed E-state index contributed by atoms with van der Waals surface area (Å²) >= 11 is 0. The van der Waals surface area contributed by atoms with E-state index < -0.39 is 4.92 Å². The number of benzene rings is 1. The summed E-state index contributed by atoms with van der Waals surface area (Å²) in [7, 11) is 0. The van der Waals surface area contributed by atoms with Crippen LogP contribution in [0.25, 0.3) is 16.9 Å². The van der Waals surface area contributed by atoms with Gasteiger partial charge in [-0.05, 0) is 37.6 Å². The Labute approximate surface area is 138 Å². The lowest BCUT2D eigenvalue weighted by atomic mass is 10.1. The SMILES string of the molecule is CC(=O)Nc1ccc(-c2nc3cc(C)ccn3c2C)cc1[N+](=O)[O-]. The third-order valence-electron chi connectivity index (χ3n) is 3.80. The number of nitrogens with one attached hydrogen (secondary N) is 1. The highest BCUT2D eigenvalue weighted by molar-refractivity contribution is 5.92. The first-order valence-electron chi connectivity index (χ1n) is 7.38. The minimum atomic E-state index is -0.510. The van der Waals surface area contributed by atoms with Gasteiger partial charge in [-0.25, -0.2) is 4.98 Å². The van der Waals surface area contributed by atoms with Gasteiger partial charge in [-0.15, -0.1) is 0 Å². The highest BCUT2D eigenvalue weighted by atomic mass is 16.6. The lowest BCUT2D eigenvalue weighted by Gasteiger charge is -2.06. The van der Waals surface area contributed by atoms with Gasteiger partial charge >= 0.3 is 0 Å². The van der Waals surface area contributed by atoms with Crippen LogP contribution >= 0.6 is 0 Å². The van der Waals surface area contributed by atoms with Gasteiger partial charge in [-0.3, -0.25) is 14.9 Å². The Hall–Kier alpha value is -3.22. The zero-order valence-electron chi connectivity index (χ0n) is 13.5. The van der Waals surface area contributed by atoms with Crippen LogP contribution in [0.2, 0.25) is 0 Å². The average molecular weight is 324 g/mol. The molecule has 2 aromatic heterocycles. The van der Waals surface area contributed by atoms with Crippen LogP contribution in [0, 0.1) is 24.0 Å². The van der Waals surface area contributed by atoms with Gasteiger partial charge in [-0.1, -0.05) is 6.07 Å². The Bertz CT molecular complexity index is 975. The molecular weight excluding hydrogens is 308 g/mol. The van der Waals surface area contributed by atoms with E-state index in [9.17, 15) is 14.9 Å². The van der Waals surface area contributed by atoms with Crippen molar-refractivity contribution in [2.24, 2.45) is 0 Å². The molecule has 0 unspecified atom stereocenters. The van der Waals surface area contributed by atoms with Crippen LogP contribution in [0.5, 0.6) is 0 Å². The molecule has 24 heavy (non-hydrogen) atoms. The number of carbonyl (C=O) groups is 1. The molecule has 0 atom stereocenters. The number of rotatable bonds is 3. The smallest absolute Gasteiger partial charge is 0.293 e. The van der Waals surface area contributed by atoms with Crippen LogP contribution in [0.1, 0.15) is 18.2 Å². The summed E-state index contributed by atoms with van der Waals surface area (Å²) in [5, 5.41) is 13.8. The summed E-state index contributed by atoms with van der Waals surface area (Å²) in [6.45, 7) is 5.21. The Morgan fingerprint density at radius 2 is 2.00 bits per heavy atom. The lowest BCUT2D eigenvalue weighted by Crippen LogP contribution is -2.08. The van der Waals surface area contributed by atoms with Gasteiger partial charge in [0.05, 0.1) is 10.6 Å². The molecule has 3 rings (SSSR count). The summed E-state index contributed by atoms with van der Waals surface area (Å²) in [6.07, 6.45) is 1.93. The van der Waals surface area contributed by atoms with Crippen molar-refractivity contribution in [2.45, 2.75) is 20.8 Å². The van der Waals surface area contributed by atoms with Gasteiger partial charge in [0.1, 0.15) is 11.3 Å². The summed E-state index contributed by atoms with van der Waals surface area (Å²) in [4.78, 5) is 26.6. The highest BCUT2D eigenvalue weighted by Crippen LogP contribution is 2.32. The quantitative estimate of drug-likeness (QED) is 0.590. The van der Waals surface area contributed by atoms with E-state index in [1.54, 1.807) is 6.07 Å². The molecule has 3 aromatic rings. The molecule has 0 spiro atoms. The maximum atomic E-state index is 11.3. The monoisotopic (exact) mass is 324 g/mol. The van der Waals surface area contributed by atoms with Crippen molar-refractivity contribution >= 4 is 22.9 Å². The van der Waals surface area contributed by atoms with E-state index in [0.717, 1.165) is 16.9 Å². The predicted molar refractivity (Wildman–Crippen MR) is 91.1 cm³/mol. The van der Waals surface area contributed by atoms with E-state index in [2.05, 4.69) is 10.3 Å². The number of nitrogens with zero attached hydrogens (tertiary/aromatic N) is 3. The molecule has 0 bridgehead atoms. The standard InChI is InChI=1S/C17H16N4O3/c1-10-6-7-20-11(2)17(19-16(20)8-10)13-4-5-14(18-12(3)22)15(9-13)21(23)24/h4-9H,1-3H3,(H,18,22). The molecular formula is C17H16N4O3. The number of imidazole rings is 1. The van der Waals surface area contributed by atoms with Crippen molar-refractivity contribution in [3.63, 3.8) is 0 Å². The average Bonchev–Trinajstić information content (AvgIpc) is 2.83. The molecule has 122 valence electrons. The molecule has 0 aliphatic heterocycles. The van der Waals surface area contributed by atoms with Gasteiger partial charge in [-0.2, -0.15) is 0 Å². The number of aryl methyl sites for hydroxylation is 2. The summed E-state index contributed by atoms with van der Waals surface area (Å²) in [5.74, 6) is -0.356. The number of hydrogen-bond acceptors (Lipinski definition) is 4. The molecule has 0 saturated heterocycles. The summed E-state index contributed by atoms with van der Waals surface area (Å²) < 4.78 is 1.94. The van der Waals surface area contributed by atoms with Gasteiger partial charge in [0.25, 0.3) is 5.69 Å². The van der Waals surface area contributed by atoms with E-state index in [4.69, 9.17) is 0 Å². The first kappa shape index (κ1) is 15.7. The van der Waals surface area contributed by atoms with Crippen molar-refractivity contribution in [3.8, 4) is 11.3 Å². The Morgan fingerprint density at radius 1 is 1.25 bits per heavy atom. The fourth-order valence-electron chi connectivity index (χ4n) is 2.67. The van der Waals surface area contributed by atoms with Crippen LogP contribution in [0.3, 0.4) is 0 Å². The second-order valence-corrected chi connectivity index (χ2v) is 5.65. The fraction of sp³-hybridized carbons (Fsp3) is 0.176. The van der Waals surface area contributed by atoms with Gasteiger partial charge in [0, 0.05) is 30.4 Å².